The van der Waals surface area contributed by atoms with Crippen LogP contribution in [0, 0.1) is 5.92 Å². The van der Waals surface area contributed by atoms with Gasteiger partial charge in [-0.05, 0) is 42.0 Å². The highest BCUT2D eigenvalue weighted by Gasteiger charge is 2.32. The molecule has 2 aromatic carbocycles. The van der Waals surface area contributed by atoms with Gasteiger partial charge in [-0.1, -0.05) is 42.5 Å². The Kier molecular flexibility index (Phi) is 5.46. The molecular weight excluding hydrogens is 328 g/mol. The van der Waals surface area contributed by atoms with Crippen LogP contribution in [-0.4, -0.2) is 23.6 Å². The van der Waals surface area contributed by atoms with Gasteiger partial charge in [-0.2, -0.15) is 0 Å². The third-order valence-corrected chi connectivity index (χ3v) is 4.84. The number of rotatable bonds is 5. The molecule has 0 spiro atoms. The summed E-state index contributed by atoms with van der Waals surface area (Å²) in [6.45, 7) is 0. The minimum absolute atomic E-state index is 0.119. The SMILES string of the molecule is NC(=O)[C@H](NC(=O)c1ccc(-c2ccccc2)cc1)[C@@H]1CCCC(=O)C1. The van der Waals surface area contributed by atoms with Gasteiger partial charge in [0.25, 0.3) is 5.91 Å². The van der Waals surface area contributed by atoms with E-state index in [1.54, 1.807) is 12.1 Å². The molecule has 0 heterocycles. The van der Waals surface area contributed by atoms with Gasteiger partial charge in [0.1, 0.15) is 11.8 Å². The molecule has 2 aromatic rings. The molecule has 0 saturated heterocycles. The van der Waals surface area contributed by atoms with Crippen LogP contribution in [0.3, 0.4) is 0 Å². The minimum atomic E-state index is -0.819. The molecule has 3 N–H and O–H groups in total. The molecule has 0 radical (unpaired) electrons. The van der Waals surface area contributed by atoms with Gasteiger partial charge in [0.2, 0.25) is 5.91 Å². The number of ketones is 1. The van der Waals surface area contributed by atoms with Gasteiger partial charge in [-0.25, -0.2) is 0 Å². The Morgan fingerprint density at radius 1 is 1.00 bits per heavy atom. The molecule has 2 amide bonds. The first kappa shape index (κ1) is 17.9. The highest BCUT2D eigenvalue weighted by Crippen LogP contribution is 2.25. The number of primary amides is 1. The van der Waals surface area contributed by atoms with E-state index < -0.39 is 11.9 Å². The first-order valence-electron chi connectivity index (χ1n) is 8.82. The van der Waals surface area contributed by atoms with E-state index in [-0.39, 0.29) is 17.6 Å². The molecular formula is C21H22N2O3. The normalized spacial score (nSPS) is 18.2. The monoisotopic (exact) mass is 350 g/mol. The summed E-state index contributed by atoms with van der Waals surface area (Å²) in [4.78, 5) is 36.0. The van der Waals surface area contributed by atoms with E-state index in [0.717, 1.165) is 17.5 Å². The summed E-state index contributed by atoms with van der Waals surface area (Å²) in [6, 6.07) is 16.2. The van der Waals surface area contributed by atoms with Crippen LogP contribution in [0.1, 0.15) is 36.0 Å². The summed E-state index contributed by atoms with van der Waals surface area (Å²) in [7, 11) is 0. The highest BCUT2D eigenvalue weighted by atomic mass is 16.2. The van der Waals surface area contributed by atoms with E-state index in [9.17, 15) is 14.4 Å². The summed E-state index contributed by atoms with van der Waals surface area (Å²) in [6.07, 6.45) is 2.28. The van der Waals surface area contributed by atoms with Crippen molar-refractivity contribution in [3.63, 3.8) is 0 Å². The minimum Gasteiger partial charge on any atom is -0.368 e. The van der Waals surface area contributed by atoms with Crippen molar-refractivity contribution >= 4 is 17.6 Å². The van der Waals surface area contributed by atoms with Crippen molar-refractivity contribution in [2.45, 2.75) is 31.7 Å². The number of nitrogens with one attached hydrogen (secondary N) is 1. The van der Waals surface area contributed by atoms with Crippen LogP contribution in [0.2, 0.25) is 0 Å². The van der Waals surface area contributed by atoms with Crippen molar-refractivity contribution in [1.82, 2.24) is 5.32 Å². The number of carbonyl (C=O) groups excluding carboxylic acids is 3. The lowest BCUT2D eigenvalue weighted by atomic mass is 9.82. The average Bonchev–Trinajstić information content (AvgIpc) is 2.66. The summed E-state index contributed by atoms with van der Waals surface area (Å²) in [5.41, 5.74) is 8.00. The third-order valence-electron chi connectivity index (χ3n) is 4.84. The van der Waals surface area contributed by atoms with Crippen LogP contribution < -0.4 is 11.1 Å². The van der Waals surface area contributed by atoms with Gasteiger partial charge in [-0.3, -0.25) is 14.4 Å². The molecule has 134 valence electrons. The lowest BCUT2D eigenvalue weighted by Crippen LogP contribution is -2.50. The van der Waals surface area contributed by atoms with Crippen molar-refractivity contribution in [2.24, 2.45) is 11.7 Å². The van der Waals surface area contributed by atoms with Crippen molar-refractivity contribution in [1.29, 1.82) is 0 Å². The van der Waals surface area contributed by atoms with Crippen LogP contribution in [0.5, 0.6) is 0 Å². The summed E-state index contributed by atoms with van der Waals surface area (Å²) < 4.78 is 0. The summed E-state index contributed by atoms with van der Waals surface area (Å²) in [5.74, 6) is -1.05. The van der Waals surface area contributed by atoms with E-state index in [4.69, 9.17) is 5.73 Å². The van der Waals surface area contributed by atoms with Crippen molar-refractivity contribution < 1.29 is 14.4 Å². The maximum Gasteiger partial charge on any atom is 0.251 e. The number of carbonyl (C=O) groups is 3. The van der Waals surface area contributed by atoms with E-state index in [1.165, 1.54) is 0 Å². The van der Waals surface area contributed by atoms with Gasteiger partial charge in [0.05, 0.1) is 0 Å². The molecule has 26 heavy (non-hydrogen) atoms. The highest BCUT2D eigenvalue weighted by molar-refractivity contribution is 5.98. The molecule has 3 rings (SSSR count). The number of hydrogen-bond donors (Lipinski definition) is 2. The molecule has 0 aliphatic heterocycles. The fourth-order valence-corrected chi connectivity index (χ4v) is 3.43. The molecule has 1 aliphatic carbocycles. The second-order valence-corrected chi connectivity index (χ2v) is 6.69. The quantitative estimate of drug-likeness (QED) is 0.869. The third kappa shape index (κ3) is 4.17. The first-order valence-corrected chi connectivity index (χ1v) is 8.82. The molecule has 0 bridgehead atoms. The van der Waals surface area contributed by atoms with Gasteiger partial charge < -0.3 is 11.1 Å². The lowest BCUT2D eigenvalue weighted by Gasteiger charge is -2.28. The largest absolute Gasteiger partial charge is 0.368 e. The molecule has 1 saturated carbocycles. The smallest absolute Gasteiger partial charge is 0.251 e. The van der Waals surface area contributed by atoms with E-state index >= 15 is 0 Å². The Hall–Kier alpha value is -2.95. The molecule has 0 aromatic heterocycles. The number of Topliss-reactive ketones (excluding diaryl/α,β-unsaturated/α-hetero) is 1. The average molecular weight is 350 g/mol. The number of hydrogen-bond acceptors (Lipinski definition) is 3. The van der Waals surface area contributed by atoms with Crippen LogP contribution in [0.15, 0.2) is 54.6 Å². The summed E-state index contributed by atoms with van der Waals surface area (Å²) >= 11 is 0. The Labute approximate surface area is 152 Å². The second kappa shape index (κ2) is 7.95. The fourth-order valence-electron chi connectivity index (χ4n) is 3.43. The molecule has 2 atom stereocenters. The lowest BCUT2D eigenvalue weighted by molar-refractivity contribution is -0.124. The fraction of sp³-hybridized carbons (Fsp3) is 0.286. The zero-order valence-electron chi connectivity index (χ0n) is 14.5. The standard InChI is InChI=1S/C21H22N2O3/c22-20(25)19(17-7-4-8-18(24)13-17)23-21(26)16-11-9-15(10-12-16)14-5-2-1-3-6-14/h1-3,5-6,9-12,17,19H,4,7-8,13H2,(H2,22,25)(H,23,26)/t17-,19-/m1/s1. The Morgan fingerprint density at radius 3 is 2.27 bits per heavy atom. The van der Waals surface area contributed by atoms with Gasteiger partial charge in [0, 0.05) is 18.4 Å². The van der Waals surface area contributed by atoms with E-state index in [0.29, 0.717) is 24.8 Å². The molecule has 5 nitrogen and oxygen atoms in total. The van der Waals surface area contributed by atoms with Crippen molar-refractivity contribution in [2.75, 3.05) is 0 Å². The number of nitrogens with two attached hydrogens (primary N) is 1. The van der Waals surface area contributed by atoms with Crippen molar-refractivity contribution in [3.05, 3.63) is 60.2 Å². The van der Waals surface area contributed by atoms with E-state index in [1.807, 2.05) is 42.5 Å². The maximum atomic E-state index is 12.5. The number of benzene rings is 2. The predicted octanol–water partition coefficient (Wildman–Crippen LogP) is 2.70. The van der Waals surface area contributed by atoms with Crippen LogP contribution >= 0.6 is 0 Å². The molecule has 1 fully saturated rings. The maximum absolute atomic E-state index is 12.5. The van der Waals surface area contributed by atoms with Crippen LogP contribution in [0.25, 0.3) is 11.1 Å². The molecule has 5 heteroatoms. The Morgan fingerprint density at radius 2 is 1.65 bits per heavy atom. The molecule has 0 unspecified atom stereocenters. The second-order valence-electron chi connectivity index (χ2n) is 6.69. The number of amides is 2. The van der Waals surface area contributed by atoms with Crippen LogP contribution in [-0.2, 0) is 9.59 Å². The van der Waals surface area contributed by atoms with Gasteiger partial charge >= 0.3 is 0 Å². The van der Waals surface area contributed by atoms with Crippen molar-refractivity contribution in [3.8, 4) is 11.1 Å². The van der Waals surface area contributed by atoms with Gasteiger partial charge in [0.15, 0.2) is 0 Å². The topological polar surface area (TPSA) is 89.3 Å². The Balaban J connectivity index is 1.71. The predicted molar refractivity (Wildman–Crippen MR) is 99.3 cm³/mol. The molecule has 1 aliphatic rings. The summed E-state index contributed by atoms with van der Waals surface area (Å²) in [5, 5.41) is 2.72. The Bertz CT molecular complexity index is 800. The zero-order valence-corrected chi connectivity index (χ0v) is 14.5. The first-order chi connectivity index (χ1) is 12.5. The van der Waals surface area contributed by atoms with Gasteiger partial charge in [-0.15, -0.1) is 0 Å². The van der Waals surface area contributed by atoms with Crippen LogP contribution in [0.4, 0.5) is 0 Å². The van der Waals surface area contributed by atoms with E-state index in [2.05, 4.69) is 5.32 Å². The zero-order chi connectivity index (χ0) is 18.5.